The highest BCUT2D eigenvalue weighted by Crippen LogP contribution is 2.33. The van der Waals surface area contributed by atoms with Crippen LogP contribution in [0.2, 0.25) is 0 Å². The lowest BCUT2D eigenvalue weighted by Crippen LogP contribution is -1.94. The van der Waals surface area contributed by atoms with Crippen molar-refractivity contribution >= 4 is 21.6 Å². The summed E-state index contributed by atoms with van der Waals surface area (Å²) in [7, 11) is 1.38. The van der Waals surface area contributed by atoms with Gasteiger partial charge in [-0.2, -0.15) is 0 Å². The molecule has 5 nitrogen and oxygen atoms in total. The Hall–Kier alpha value is -2.08. The van der Waals surface area contributed by atoms with Gasteiger partial charge in [0.1, 0.15) is 11.5 Å². The molecule has 0 unspecified atom stereocenters. The van der Waals surface area contributed by atoms with Gasteiger partial charge in [-0.3, -0.25) is 10.1 Å². The molecule has 0 N–H and O–H groups in total. The van der Waals surface area contributed by atoms with Crippen LogP contribution in [0.15, 0.2) is 40.9 Å². The minimum atomic E-state index is -0.494. The summed E-state index contributed by atoms with van der Waals surface area (Å²) in [5.41, 5.74) is 0.947. The van der Waals surface area contributed by atoms with Gasteiger partial charge in [0.15, 0.2) is 0 Å². The van der Waals surface area contributed by atoms with Crippen LogP contribution in [-0.2, 0) is 0 Å². The summed E-state index contributed by atoms with van der Waals surface area (Å²) in [4.78, 5) is 10.3. The number of nitro groups is 1. The summed E-state index contributed by atoms with van der Waals surface area (Å²) in [6, 6.07) is 9.96. The van der Waals surface area contributed by atoms with Crippen molar-refractivity contribution in [2.75, 3.05) is 7.11 Å². The Balaban J connectivity index is 2.29. The van der Waals surface area contributed by atoms with E-state index in [1.165, 1.54) is 25.3 Å². The van der Waals surface area contributed by atoms with Gasteiger partial charge in [-0.25, -0.2) is 0 Å². The average Bonchev–Trinajstić information content (AvgIpc) is 2.42. The van der Waals surface area contributed by atoms with E-state index in [1.54, 1.807) is 0 Å². The molecule has 0 aliphatic heterocycles. The van der Waals surface area contributed by atoms with Crippen molar-refractivity contribution in [3.05, 3.63) is 56.5 Å². The molecular weight excluding hydrogens is 326 g/mol. The molecule has 2 aromatic rings. The maximum atomic E-state index is 10.8. The lowest BCUT2D eigenvalue weighted by molar-refractivity contribution is -0.385. The van der Waals surface area contributed by atoms with Crippen LogP contribution in [0.5, 0.6) is 17.2 Å². The first-order valence-corrected chi connectivity index (χ1v) is 6.57. The number of halogens is 1. The Bertz CT molecular complexity index is 658. The molecule has 0 aliphatic carbocycles. The lowest BCUT2D eigenvalue weighted by atomic mass is 10.2. The van der Waals surface area contributed by atoms with Crippen molar-refractivity contribution in [1.82, 2.24) is 0 Å². The fourth-order valence-corrected chi connectivity index (χ4v) is 1.94. The van der Waals surface area contributed by atoms with Crippen LogP contribution < -0.4 is 9.47 Å². The van der Waals surface area contributed by atoms with Crippen molar-refractivity contribution in [2.24, 2.45) is 0 Å². The van der Waals surface area contributed by atoms with E-state index in [4.69, 9.17) is 9.47 Å². The highest BCUT2D eigenvalue weighted by molar-refractivity contribution is 9.10. The van der Waals surface area contributed by atoms with Gasteiger partial charge in [0.25, 0.3) is 0 Å². The van der Waals surface area contributed by atoms with E-state index in [-0.39, 0.29) is 11.4 Å². The molecule has 0 heterocycles. The lowest BCUT2D eigenvalue weighted by Gasteiger charge is -2.09. The zero-order chi connectivity index (χ0) is 14.7. The maximum absolute atomic E-state index is 10.8. The third-order valence-corrected chi connectivity index (χ3v) is 3.60. The second-order valence-corrected chi connectivity index (χ2v) is 4.96. The zero-order valence-corrected chi connectivity index (χ0v) is 12.5. The summed E-state index contributed by atoms with van der Waals surface area (Å²) in [5, 5.41) is 10.8. The van der Waals surface area contributed by atoms with Gasteiger partial charge in [0.2, 0.25) is 5.75 Å². The minimum absolute atomic E-state index is 0.0909. The maximum Gasteiger partial charge on any atom is 0.311 e. The van der Waals surface area contributed by atoms with Crippen LogP contribution in [0.4, 0.5) is 5.69 Å². The van der Waals surface area contributed by atoms with Gasteiger partial charge >= 0.3 is 5.69 Å². The number of ether oxygens (including phenoxy) is 2. The summed E-state index contributed by atoms with van der Waals surface area (Å²) in [6.45, 7) is 1.95. The fourth-order valence-electron chi connectivity index (χ4n) is 1.69. The zero-order valence-electron chi connectivity index (χ0n) is 10.9. The summed E-state index contributed by atoms with van der Waals surface area (Å²) in [6.07, 6.45) is 0. The number of rotatable bonds is 4. The average molecular weight is 338 g/mol. The van der Waals surface area contributed by atoms with Crippen LogP contribution in [0, 0.1) is 17.0 Å². The van der Waals surface area contributed by atoms with Crippen molar-refractivity contribution in [2.45, 2.75) is 6.92 Å². The molecule has 0 saturated heterocycles. The number of benzene rings is 2. The van der Waals surface area contributed by atoms with Crippen molar-refractivity contribution in [1.29, 1.82) is 0 Å². The first-order chi connectivity index (χ1) is 9.51. The van der Waals surface area contributed by atoms with E-state index in [2.05, 4.69) is 15.9 Å². The number of nitro benzene ring substituents is 1. The van der Waals surface area contributed by atoms with Gasteiger partial charge < -0.3 is 9.47 Å². The van der Waals surface area contributed by atoms with E-state index in [9.17, 15) is 10.1 Å². The molecule has 2 rings (SSSR count). The van der Waals surface area contributed by atoms with Crippen molar-refractivity contribution in [3.63, 3.8) is 0 Å². The topological polar surface area (TPSA) is 61.6 Å². The summed E-state index contributed by atoms with van der Waals surface area (Å²) in [5.74, 6) is 1.30. The molecule has 0 amide bonds. The smallest absolute Gasteiger partial charge is 0.311 e. The number of aryl methyl sites for hydroxylation is 1. The van der Waals surface area contributed by atoms with E-state index in [0.717, 1.165) is 10.0 Å². The van der Waals surface area contributed by atoms with Crippen molar-refractivity contribution < 1.29 is 14.4 Å². The van der Waals surface area contributed by atoms with Crippen LogP contribution in [0.1, 0.15) is 5.56 Å². The number of methoxy groups -OCH3 is 1. The van der Waals surface area contributed by atoms with Gasteiger partial charge in [0.05, 0.1) is 12.0 Å². The largest absolute Gasteiger partial charge is 0.490 e. The third kappa shape index (κ3) is 3.08. The number of hydrogen-bond donors (Lipinski definition) is 0. The molecule has 0 spiro atoms. The minimum Gasteiger partial charge on any atom is -0.490 e. The van der Waals surface area contributed by atoms with Gasteiger partial charge in [-0.1, -0.05) is 15.9 Å². The predicted octanol–water partition coefficient (Wildman–Crippen LogP) is 4.47. The van der Waals surface area contributed by atoms with E-state index in [0.29, 0.717) is 11.5 Å². The second kappa shape index (κ2) is 5.92. The van der Waals surface area contributed by atoms with Crippen LogP contribution in [-0.4, -0.2) is 12.0 Å². The summed E-state index contributed by atoms with van der Waals surface area (Å²) >= 11 is 3.41. The van der Waals surface area contributed by atoms with Crippen LogP contribution in [0.3, 0.4) is 0 Å². The van der Waals surface area contributed by atoms with Gasteiger partial charge in [-0.05, 0) is 36.8 Å². The molecule has 104 valence electrons. The molecule has 0 saturated carbocycles. The Morgan fingerprint density at radius 1 is 1.15 bits per heavy atom. The van der Waals surface area contributed by atoms with E-state index in [1.807, 2.05) is 25.1 Å². The molecule has 0 aromatic heterocycles. The molecule has 0 bridgehead atoms. The molecule has 0 fully saturated rings. The number of nitrogens with zero attached hydrogens (tertiary/aromatic N) is 1. The SMILES string of the molecule is COc1cc(Oc2ccc(Br)c(C)c2)ccc1[N+](=O)[O-]. The normalized spacial score (nSPS) is 10.2. The molecule has 20 heavy (non-hydrogen) atoms. The third-order valence-electron chi connectivity index (χ3n) is 2.71. The number of hydrogen-bond acceptors (Lipinski definition) is 4. The van der Waals surface area contributed by atoms with E-state index < -0.39 is 4.92 Å². The molecule has 6 heteroatoms. The van der Waals surface area contributed by atoms with Gasteiger partial charge in [-0.15, -0.1) is 0 Å². The predicted molar refractivity (Wildman–Crippen MR) is 78.6 cm³/mol. The highest BCUT2D eigenvalue weighted by atomic mass is 79.9. The Labute approximate surface area is 124 Å². The molecular formula is C14H12BrNO4. The molecule has 0 radical (unpaired) electrons. The second-order valence-electron chi connectivity index (χ2n) is 4.10. The Morgan fingerprint density at radius 2 is 1.80 bits per heavy atom. The Kier molecular flexibility index (Phi) is 4.24. The van der Waals surface area contributed by atoms with E-state index >= 15 is 0 Å². The summed E-state index contributed by atoms with van der Waals surface area (Å²) < 4.78 is 11.7. The molecule has 0 atom stereocenters. The first kappa shape index (κ1) is 14.3. The quantitative estimate of drug-likeness (QED) is 0.610. The molecule has 0 aliphatic rings. The highest BCUT2D eigenvalue weighted by Gasteiger charge is 2.15. The van der Waals surface area contributed by atoms with Crippen LogP contribution >= 0.6 is 15.9 Å². The monoisotopic (exact) mass is 337 g/mol. The first-order valence-electron chi connectivity index (χ1n) is 5.77. The fraction of sp³-hybridized carbons (Fsp3) is 0.143. The molecule has 2 aromatic carbocycles. The Morgan fingerprint density at radius 3 is 2.40 bits per heavy atom. The van der Waals surface area contributed by atoms with Crippen molar-refractivity contribution in [3.8, 4) is 17.2 Å². The standard InChI is InChI=1S/C14H12BrNO4/c1-9-7-10(3-5-12(9)15)20-11-4-6-13(16(17)18)14(8-11)19-2/h3-8H,1-2H3. The van der Waals surface area contributed by atoms with Gasteiger partial charge in [0, 0.05) is 16.6 Å². The van der Waals surface area contributed by atoms with Crippen LogP contribution in [0.25, 0.3) is 0 Å².